The lowest BCUT2D eigenvalue weighted by Gasteiger charge is -2.32. The number of aryl methyl sites for hydroxylation is 3. The van der Waals surface area contributed by atoms with Crippen molar-refractivity contribution in [2.24, 2.45) is 7.05 Å². The van der Waals surface area contributed by atoms with E-state index in [9.17, 15) is 9.59 Å². The molecular formula is C22H30N5O3+. The van der Waals surface area contributed by atoms with Crippen LogP contribution >= 0.6 is 0 Å². The predicted octanol–water partition coefficient (Wildman–Crippen LogP) is 0.248. The third-order valence-corrected chi connectivity index (χ3v) is 5.80. The number of fused-ring (bicyclic) bond motifs is 1. The second kappa shape index (κ2) is 8.57. The maximum atomic E-state index is 12.7. The average molecular weight is 413 g/mol. The van der Waals surface area contributed by atoms with E-state index in [1.807, 2.05) is 22.8 Å². The second-order valence-electron chi connectivity index (χ2n) is 8.35. The number of hydrogen-bond acceptors (Lipinski definition) is 4. The highest BCUT2D eigenvalue weighted by Crippen LogP contribution is 2.13. The first-order valence-corrected chi connectivity index (χ1v) is 10.6. The van der Waals surface area contributed by atoms with E-state index in [4.69, 9.17) is 9.72 Å². The molecule has 0 amide bonds. The molecular weight excluding hydrogens is 382 g/mol. The standard InChI is InChI=1S/C22H29N5O3/c1-15-12-26(13-16(2)30-15)14-18-23-20-19(21(28)24-22(29)25(20)3)27(18)11-7-10-17-8-5-4-6-9-17/h4-6,8-9,15-16H,7,10-14H2,1-3H3,(H,24,28,29)/p+1/t15-,16-/m0/s1. The average Bonchev–Trinajstić information content (AvgIpc) is 3.05. The van der Waals surface area contributed by atoms with E-state index >= 15 is 0 Å². The van der Waals surface area contributed by atoms with Crippen LogP contribution in [0.2, 0.25) is 0 Å². The van der Waals surface area contributed by atoms with Crippen molar-refractivity contribution >= 4 is 11.2 Å². The van der Waals surface area contributed by atoms with E-state index in [0.29, 0.717) is 24.3 Å². The summed E-state index contributed by atoms with van der Waals surface area (Å²) < 4.78 is 9.30. The van der Waals surface area contributed by atoms with Gasteiger partial charge in [0.1, 0.15) is 31.8 Å². The molecule has 0 radical (unpaired) electrons. The molecule has 0 spiro atoms. The largest absolute Gasteiger partial charge is 0.364 e. The topological polar surface area (TPSA) is 86.4 Å². The van der Waals surface area contributed by atoms with E-state index in [1.54, 1.807) is 7.05 Å². The molecule has 0 aliphatic carbocycles. The summed E-state index contributed by atoms with van der Waals surface area (Å²) in [7, 11) is 1.65. The van der Waals surface area contributed by atoms with Gasteiger partial charge in [-0.15, -0.1) is 0 Å². The van der Waals surface area contributed by atoms with Crippen molar-refractivity contribution < 1.29 is 9.64 Å². The highest BCUT2D eigenvalue weighted by Gasteiger charge is 2.28. The van der Waals surface area contributed by atoms with Crippen LogP contribution in [0, 0.1) is 0 Å². The lowest BCUT2D eigenvalue weighted by molar-refractivity contribution is -0.929. The molecule has 2 N–H and O–H groups in total. The molecule has 1 saturated heterocycles. The molecule has 1 aromatic carbocycles. The molecule has 4 rings (SSSR count). The van der Waals surface area contributed by atoms with Crippen LogP contribution < -0.4 is 16.1 Å². The number of benzene rings is 1. The third kappa shape index (κ3) is 4.24. The number of hydrogen-bond donors (Lipinski definition) is 2. The molecule has 3 aromatic rings. The zero-order valence-electron chi connectivity index (χ0n) is 17.9. The Morgan fingerprint density at radius 1 is 1.17 bits per heavy atom. The van der Waals surface area contributed by atoms with Crippen molar-refractivity contribution in [2.45, 2.75) is 52.0 Å². The SMILES string of the molecule is C[C@H]1C[NH+](Cc2nc3c(c(=O)[nH]c(=O)n3C)n2CCCc2ccccc2)C[C@H](C)O1. The molecule has 30 heavy (non-hydrogen) atoms. The minimum absolute atomic E-state index is 0.187. The van der Waals surface area contributed by atoms with Gasteiger partial charge in [0.05, 0.1) is 0 Å². The Bertz CT molecular complexity index is 1120. The van der Waals surface area contributed by atoms with Gasteiger partial charge in [-0.05, 0) is 32.3 Å². The van der Waals surface area contributed by atoms with Crippen LogP contribution in [0.25, 0.3) is 11.2 Å². The van der Waals surface area contributed by atoms with E-state index < -0.39 is 5.69 Å². The van der Waals surface area contributed by atoms with Gasteiger partial charge in [0.15, 0.2) is 17.0 Å². The van der Waals surface area contributed by atoms with Crippen molar-refractivity contribution in [3.8, 4) is 0 Å². The summed E-state index contributed by atoms with van der Waals surface area (Å²) in [5.74, 6) is 0.848. The van der Waals surface area contributed by atoms with E-state index in [0.717, 1.165) is 31.8 Å². The Morgan fingerprint density at radius 2 is 1.87 bits per heavy atom. The fourth-order valence-corrected chi connectivity index (χ4v) is 4.50. The molecule has 2 atom stereocenters. The first-order valence-electron chi connectivity index (χ1n) is 10.6. The van der Waals surface area contributed by atoms with Gasteiger partial charge in [-0.1, -0.05) is 30.3 Å². The van der Waals surface area contributed by atoms with Gasteiger partial charge in [-0.2, -0.15) is 0 Å². The van der Waals surface area contributed by atoms with Gasteiger partial charge in [-0.25, -0.2) is 9.78 Å². The summed E-state index contributed by atoms with van der Waals surface area (Å²) in [6.07, 6.45) is 2.18. The van der Waals surface area contributed by atoms with Crippen molar-refractivity contribution in [3.05, 3.63) is 62.6 Å². The summed E-state index contributed by atoms with van der Waals surface area (Å²) in [5.41, 5.74) is 1.39. The van der Waals surface area contributed by atoms with Gasteiger partial charge in [-0.3, -0.25) is 14.3 Å². The number of imidazole rings is 1. The van der Waals surface area contributed by atoms with E-state index in [1.165, 1.54) is 15.0 Å². The Kier molecular flexibility index (Phi) is 5.87. The predicted molar refractivity (Wildman–Crippen MR) is 115 cm³/mol. The second-order valence-corrected chi connectivity index (χ2v) is 8.35. The van der Waals surface area contributed by atoms with E-state index in [-0.39, 0.29) is 17.8 Å². The molecule has 0 saturated carbocycles. The number of quaternary nitrogens is 1. The maximum Gasteiger partial charge on any atom is 0.329 e. The molecule has 160 valence electrons. The number of aromatic nitrogens is 4. The number of morpholine rings is 1. The highest BCUT2D eigenvalue weighted by atomic mass is 16.5. The zero-order chi connectivity index (χ0) is 21.3. The van der Waals surface area contributed by atoms with Crippen LogP contribution in [-0.2, 0) is 31.3 Å². The normalized spacial score (nSPS) is 21.9. The molecule has 0 bridgehead atoms. The molecule has 1 aliphatic heterocycles. The van der Waals surface area contributed by atoms with Gasteiger partial charge < -0.3 is 14.2 Å². The quantitative estimate of drug-likeness (QED) is 0.608. The van der Waals surface area contributed by atoms with Crippen molar-refractivity contribution in [1.29, 1.82) is 0 Å². The van der Waals surface area contributed by atoms with Crippen molar-refractivity contribution in [1.82, 2.24) is 19.1 Å². The fraction of sp³-hybridized carbons (Fsp3) is 0.500. The van der Waals surface area contributed by atoms with Gasteiger partial charge >= 0.3 is 5.69 Å². The Balaban J connectivity index is 1.66. The number of ether oxygens (including phenoxy) is 1. The number of aromatic amines is 1. The highest BCUT2D eigenvalue weighted by molar-refractivity contribution is 5.70. The Labute approximate surface area is 175 Å². The van der Waals surface area contributed by atoms with Crippen molar-refractivity contribution in [3.63, 3.8) is 0 Å². The summed E-state index contributed by atoms with van der Waals surface area (Å²) in [4.78, 5) is 33.3. The molecule has 0 unspecified atom stereocenters. The first-order chi connectivity index (χ1) is 14.4. The number of nitrogens with zero attached hydrogens (tertiary/aromatic N) is 3. The molecule has 1 aliphatic rings. The van der Waals surface area contributed by atoms with Crippen molar-refractivity contribution in [2.75, 3.05) is 13.1 Å². The molecule has 2 aromatic heterocycles. The minimum atomic E-state index is -0.436. The third-order valence-electron chi connectivity index (χ3n) is 5.80. The summed E-state index contributed by atoms with van der Waals surface area (Å²) in [5, 5.41) is 0. The number of rotatable bonds is 6. The summed E-state index contributed by atoms with van der Waals surface area (Å²) in [6.45, 7) is 7.35. The van der Waals surface area contributed by atoms with Crippen LogP contribution in [0.4, 0.5) is 0 Å². The summed E-state index contributed by atoms with van der Waals surface area (Å²) >= 11 is 0. The van der Waals surface area contributed by atoms with Gasteiger partial charge in [0.25, 0.3) is 5.56 Å². The Hall–Kier alpha value is -2.71. The number of nitrogens with one attached hydrogen (secondary N) is 2. The smallest absolute Gasteiger partial charge is 0.329 e. The monoisotopic (exact) mass is 412 g/mol. The zero-order valence-corrected chi connectivity index (χ0v) is 17.9. The van der Waals surface area contributed by atoms with Crippen LogP contribution in [0.15, 0.2) is 39.9 Å². The first kappa shape index (κ1) is 20.6. The van der Waals surface area contributed by atoms with E-state index in [2.05, 4.69) is 31.0 Å². The van der Waals surface area contributed by atoms with Crippen LogP contribution in [0.3, 0.4) is 0 Å². The number of H-pyrrole nitrogens is 1. The maximum absolute atomic E-state index is 12.7. The Morgan fingerprint density at radius 3 is 2.57 bits per heavy atom. The van der Waals surface area contributed by atoms with Crippen LogP contribution in [-0.4, -0.2) is 44.4 Å². The lowest BCUT2D eigenvalue weighted by atomic mass is 10.1. The molecule has 3 heterocycles. The van der Waals surface area contributed by atoms with Crippen LogP contribution in [0.1, 0.15) is 31.7 Å². The van der Waals surface area contributed by atoms with Gasteiger partial charge in [0.2, 0.25) is 0 Å². The lowest BCUT2D eigenvalue weighted by Crippen LogP contribution is -3.14. The fourth-order valence-electron chi connectivity index (χ4n) is 4.50. The molecule has 8 nitrogen and oxygen atoms in total. The minimum Gasteiger partial charge on any atom is -0.364 e. The molecule has 1 fully saturated rings. The van der Waals surface area contributed by atoms with Crippen LogP contribution in [0.5, 0.6) is 0 Å². The van der Waals surface area contributed by atoms with Gasteiger partial charge in [0, 0.05) is 13.6 Å². The molecule has 8 heteroatoms. The summed E-state index contributed by atoms with van der Waals surface area (Å²) in [6, 6.07) is 10.3.